The predicted molar refractivity (Wildman–Crippen MR) is 86.8 cm³/mol. The molecule has 1 fully saturated rings. The van der Waals surface area contributed by atoms with Crippen molar-refractivity contribution in [2.45, 2.75) is 32.8 Å². The maximum Gasteiger partial charge on any atom is 0.310 e. The fraction of sp³-hybridized carbons (Fsp3) is 0.500. The van der Waals surface area contributed by atoms with Crippen LogP contribution in [0.4, 0.5) is 5.69 Å². The summed E-state index contributed by atoms with van der Waals surface area (Å²) in [4.78, 5) is 24.0. The van der Waals surface area contributed by atoms with Crippen molar-refractivity contribution in [3.8, 4) is 0 Å². The summed E-state index contributed by atoms with van der Waals surface area (Å²) in [5.74, 6) is -1.94. The second kappa shape index (κ2) is 7.12. The van der Waals surface area contributed by atoms with Gasteiger partial charge in [-0.05, 0) is 37.5 Å². The van der Waals surface area contributed by atoms with Gasteiger partial charge in [-0.25, -0.2) is 8.42 Å². The number of rotatable bonds is 5. The molecule has 1 amide bonds. The minimum absolute atomic E-state index is 0.00286. The van der Waals surface area contributed by atoms with Gasteiger partial charge in [0.2, 0.25) is 0 Å². The van der Waals surface area contributed by atoms with Crippen LogP contribution in [-0.4, -0.2) is 37.9 Å². The molecule has 2 atom stereocenters. The molecule has 7 heteroatoms. The minimum atomic E-state index is -3.15. The molecule has 1 saturated heterocycles. The average molecular weight is 339 g/mol. The van der Waals surface area contributed by atoms with Gasteiger partial charge in [-0.3, -0.25) is 9.59 Å². The van der Waals surface area contributed by atoms with Crippen molar-refractivity contribution in [2.75, 3.05) is 16.8 Å². The Morgan fingerprint density at radius 3 is 2.48 bits per heavy atom. The van der Waals surface area contributed by atoms with Gasteiger partial charge in [0.15, 0.2) is 15.9 Å². The zero-order valence-corrected chi connectivity index (χ0v) is 14.1. The van der Waals surface area contributed by atoms with E-state index in [9.17, 15) is 18.0 Å². The first-order valence-corrected chi connectivity index (χ1v) is 9.43. The Kier molecular flexibility index (Phi) is 5.41. The van der Waals surface area contributed by atoms with Crippen molar-refractivity contribution in [1.29, 1.82) is 0 Å². The van der Waals surface area contributed by atoms with Gasteiger partial charge in [-0.15, -0.1) is 0 Å². The van der Waals surface area contributed by atoms with Gasteiger partial charge in [0.25, 0.3) is 5.91 Å². The van der Waals surface area contributed by atoms with Crippen molar-refractivity contribution in [3.63, 3.8) is 0 Å². The first-order valence-electron chi connectivity index (χ1n) is 7.61. The lowest BCUT2D eigenvalue weighted by molar-refractivity contribution is -0.156. The van der Waals surface area contributed by atoms with Crippen molar-refractivity contribution < 1.29 is 22.7 Å². The maximum absolute atomic E-state index is 12.0. The van der Waals surface area contributed by atoms with Crippen molar-refractivity contribution >= 4 is 27.4 Å². The molecule has 0 spiro atoms. The Bertz CT molecular complexity index is 681. The number of amides is 1. The molecule has 23 heavy (non-hydrogen) atoms. The summed E-state index contributed by atoms with van der Waals surface area (Å²) in [6.07, 6.45) is 0.192. The van der Waals surface area contributed by atoms with E-state index in [4.69, 9.17) is 4.74 Å². The molecule has 0 aliphatic carbocycles. The van der Waals surface area contributed by atoms with E-state index in [1.165, 1.54) is 6.92 Å². The van der Waals surface area contributed by atoms with Crippen LogP contribution in [0.1, 0.15) is 25.8 Å². The third kappa shape index (κ3) is 4.79. The van der Waals surface area contributed by atoms with Crippen LogP contribution in [0.5, 0.6) is 0 Å². The Balaban J connectivity index is 1.88. The summed E-state index contributed by atoms with van der Waals surface area (Å²) >= 11 is 0. The van der Waals surface area contributed by atoms with Crippen LogP contribution in [0.2, 0.25) is 0 Å². The highest BCUT2D eigenvalue weighted by Gasteiger charge is 2.35. The van der Waals surface area contributed by atoms with Crippen LogP contribution in [0, 0.1) is 5.92 Å². The molecule has 0 bridgehead atoms. The predicted octanol–water partition coefficient (Wildman–Crippen LogP) is 1.55. The summed E-state index contributed by atoms with van der Waals surface area (Å²) < 4.78 is 27.8. The molecule has 0 radical (unpaired) electrons. The maximum atomic E-state index is 12.0. The molecule has 2 rings (SSSR count). The first kappa shape index (κ1) is 17.5. The van der Waals surface area contributed by atoms with Crippen LogP contribution in [0.25, 0.3) is 0 Å². The molecule has 1 heterocycles. The summed E-state index contributed by atoms with van der Waals surface area (Å²) in [7, 11) is -3.15. The number of hydrogen-bond acceptors (Lipinski definition) is 5. The van der Waals surface area contributed by atoms with Crippen LogP contribution < -0.4 is 5.32 Å². The number of nitrogens with one attached hydrogen (secondary N) is 1. The Morgan fingerprint density at radius 2 is 1.96 bits per heavy atom. The van der Waals surface area contributed by atoms with Crippen LogP contribution in [-0.2, 0) is 30.6 Å². The topological polar surface area (TPSA) is 89.5 Å². The number of carbonyl (C=O) groups excluding carboxylic acids is 2. The summed E-state index contributed by atoms with van der Waals surface area (Å²) in [5.41, 5.74) is 1.78. The number of esters is 1. The number of hydrogen-bond donors (Lipinski definition) is 1. The first-order chi connectivity index (χ1) is 10.8. The number of carbonyl (C=O) groups is 2. The van der Waals surface area contributed by atoms with E-state index in [1.807, 2.05) is 19.1 Å². The second-order valence-electron chi connectivity index (χ2n) is 5.72. The van der Waals surface area contributed by atoms with Gasteiger partial charge in [-0.2, -0.15) is 0 Å². The van der Waals surface area contributed by atoms with Crippen molar-refractivity contribution in [2.24, 2.45) is 5.92 Å². The summed E-state index contributed by atoms with van der Waals surface area (Å²) in [6, 6.07) is 7.40. The number of anilines is 1. The van der Waals surface area contributed by atoms with E-state index in [0.29, 0.717) is 5.69 Å². The monoisotopic (exact) mass is 339 g/mol. The lowest BCUT2D eigenvalue weighted by atomic mass is 10.1. The Morgan fingerprint density at radius 1 is 1.30 bits per heavy atom. The minimum Gasteiger partial charge on any atom is -0.452 e. The summed E-state index contributed by atoms with van der Waals surface area (Å²) in [5, 5.41) is 2.67. The van der Waals surface area contributed by atoms with E-state index in [2.05, 4.69) is 5.32 Å². The normalized spacial score (nSPS) is 20.7. The van der Waals surface area contributed by atoms with Crippen molar-refractivity contribution in [3.05, 3.63) is 29.8 Å². The van der Waals surface area contributed by atoms with Gasteiger partial charge in [-0.1, -0.05) is 19.1 Å². The van der Waals surface area contributed by atoms with E-state index >= 15 is 0 Å². The fourth-order valence-electron chi connectivity index (χ4n) is 2.37. The van der Waals surface area contributed by atoms with Gasteiger partial charge in [0, 0.05) is 5.69 Å². The third-order valence-corrected chi connectivity index (χ3v) is 5.63. The summed E-state index contributed by atoms with van der Waals surface area (Å²) in [6.45, 7) is 3.51. The highest BCUT2D eigenvalue weighted by Crippen LogP contribution is 2.20. The van der Waals surface area contributed by atoms with Gasteiger partial charge in [0.05, 0.1) is 17.4 Å². The molecule has 0 saturated carbocycles. The molecule has 1 aliphatic heterocycles. The molecule has 1 N–H and O–H groups in total. The zero-order valence-electron chi connectivity index (χ0n) is 13.2. The number of benzene rings is 1. The van der Waals surface area contributed by atoms with E-state index in [1.54, 1.807) is 12.1 Å². The van der Waals surface area contributed by atoms with E-state index in [-0.39, 0.29) is 17.9 Å². The average Bonchev–Trinajstić information content (AvgIpc) is 2.88. The van der Waals surface area contributed by atoms with Crippen LogP contribution >= 0.6 is 0 Å². The fourth-order valence-corrected chi connectivity index (χ4v) is 4.10. The number of ether oxygens (including phenoxy) is 1. The van der Waals surface area contributed by atoms with Crippen LogP contribution in [0.15, 0.2) is 24.3 Å². The standard InChI is InChI=1S/C16H21NO5S/c1-3-12-4-6-14(7-5-12)17-15(18)11(2)22-16(19)13-8-9-23(20,21)10-13/h4-7,11,13H,3,8-10H2,1-2H3,(H,17,18)/t11-,13-/m0/s1. The molecule has 6 nitrogen and oxygen atoms in total. The van der Waals surface area contributed by atoms with Crippen molar-refractivity contribution in [1.82, 2.24) is 0 Å². The number of sulfone groups is 1. The van der Waals surface area contributed by atoms with E-state index < -0.39 is 33.7 Å². The molecule has 1 aromatic carbocycles. The molecule has 0 unspecified atom stereocenters. The molecular weight excluding hydrogens is 318 g/mol. The molecule has 1 aromatic rings. The molecule has 1 aliphatic rings. The number of aryl methyl sites for hydroxylation is 1. The highest BCUT2D eigenvalue weighted by atomic mass is 32.2. The molecular formula is C16H21NO5S. The molecule has 126 valence electrons. The van der Waals surface area contributed by atoms with Crippen LogP contribution in [0.3, 0.4) is 0 Å². The van der Waals surface area contributed by atoms with E-state index in [0.717, 1.165) is 12.0 Å². The van der Waals surface area contributed by atoms with Gasteiger partial charge < -0.3 is 10.1 Å². The SMILES string of the molecule is CCc1ccc(NC(=O)[C@H](C)OC(=O)[C@H]2CCS(=O)(=O)C2)cc1. The van der Waals surface area contributed by atoms with Gasteiger partial charge >= 0.3 is 5.97 Å². The van der Waals surface area contributed by atoms with Gasteiger partial charge in [0.1, 0.15) is 0 Å². The lowest BCUT2D eigenvalue weighted by Crippen LogP contribution is -2.32. The quantitative estimate of drug-likeness (QED) is 0.822. The lowest BCUT2D eigenvalue weighted by Gasteiger charge is -2.15. The Labute approximate surface area is 136 Å². The smallest absolute Gasteiger partial charge is 0.310 e. The second-order valence-corrected chi connectivity index (χ2v) is 7.95. The zero-order chi connectivity index (χ0) is 17.0. The highest BCUT2D eigenvalue weighted by molar-refractivity contribution is 7.91. The molecule has 0 aromatic heterocycles. The third-order valence-electron chi connectivity index (χ3n) is 3.86. The largest absolute Gasteiger partial charge is 0.452 e. The Hall–Kier alpha value is -1.89.